The Morgan fingerprint density at radius 3 is 1.76 bits per heavy atom. The number of rotatable bonds is 21. The highest BCUT2D eigenvalue weighted by Crippen LogP contribution is 2.08. The van der Waals surface area contributed by atoms with E-state index in [1.165, 1.54) is 51.4 Å². The SMILES string of the molecule is C=CCCCCCCCOCC(COC)OCCCCCCCC=C. The van der Waals surface area contributed by atoms with Crippen molar-refractivity contribution >= 4 is 0 Å². The van der Waals surface area contributed by atoms with Crippen molar-refractivity contribution in [1.29, 1.82) is 0 Å². The predicted molar refractivity (Wildman–Crippen MR) is 108 cm³/mol. The summed E-state index contributed by atoms with van der Waals surface area (Å²) in [4.78, 5) is 0. The van der Waals surface area contributed by atoms with Crippen molar-refractivity contribution in [3.63, 3.8) is 0 Å². The second-order valence-electron chi connectivity index (χ2n) is 6.71. The lowest BCUT2D eigenvalue weighted by Crippen LogP contribution is -2.26. The number of hydrogen-bond donors (Lipinski definition) is 0. The topological polar surface area (TPSA) is 27.7 Å². The zero-order chi connectivity index (χ0) is 18.4. The van der Waals surface area contributed by atoms with Crippen molar-refractivity contribution in [1.82, 2.24) is 0 Å². The van der Waals surface area contributed by atoms with Crippen LogP contribution in [-0.2, 0) is 14.2 Å². The van der Waals surface area contributed by atoms with Crippen molar-refractivity contribution in [2.75, 3.05) is 33.5 Å². The van der Waals surface area contributed by atoms with Crippen LogP contribution >= 0.6 is 0 Å². The maximum absolute atomic E-state index is 5.91. The van der Waals surface area contributed by atoms with Crippen LogP contribution in [0.4, 0.5) is 0 Å². The Balaban J connectivity index is 3.45. The smallest absolute Gasteiger partial charge is 0.104 e. The third kappa shape index (κ3) is 19.5. The van der Waals surface area contributed by atoms with Gasteiger partial charge < -0.3 is 14.2 Å². The summed E-state index contributed by atoms with van der Waals surface area (Å²) < 4.78 is 16.9. The van der Waals surface area contributed by atoms with E-state index in [0.717, 1.165) is 38.9 Å². The van der Waals surface area contributed by atoms with Crippen LogP contribution in [0.5, 0.6) is 0 Å². The van der Waals surface area contributed by atoms with Gasteiger partial charge in [-0.1, -0.05) is 50.7 Å². The van der Waals surface area contributed by atoms with Gasteiger partial charge in [-0.3, -0.25) is 0 Å². The molecule has 0 aliphatic heterocycles. The fraction of sp³-hybridized carbons (Fsp3) is 0.818. The first-order chi connectivity index (χ1) is 12.3. The minimum atomic E-state index is 0.0679. The molecule has 3 heteroatoms. The minimum absolute atomic E-state index is 0.0679. The first-order valence-electron chi connectivity index (χ1n) is 10.2. The third-order valence-corrected chi connectivity index (χ3v) is 4.26. The molecule has 0 rings (SSSR count). The van der Waals surface area contributed by atoms with Gasteiger partial charge in [0.15, 0.2) is 0 Å². The van der Waals surface area contributed by atoms with Crippen molar-refractivity contribution in [3.05, 3.63) is 25.3 Å². The van der Waals surface area contributed by atoms with Crippen LogP contribution in [0.15, 0.2) is 25.3 Å². The molecule has 0 spiro atoms. The molecule has 0 aromatic rings. The van der Waals surface area contributed by atoms with Gasteiger partial charge in [0.05, 0.1) is 13.2 Å². The molecule has 0 aliphatic carbocycles. The Labute approximate surface area is 156 Å². The molecule has 0 aromatic carbocycles. The summed E-state index contributed by atoms with van der Waals surface area (Å²) in [6, 6.07) is 0. The molecule has 0 amide bonds. The largest absolute Gasteiger partial charge is 0.382 e. The van der Waals surface area contributed by atoms with Crippen LogP contribution in [-0.4, -0.2) is 39.6 Å². The Hall–Kier alpha value is -0.640. The van der Waals surface area contributed by atoms with Gasteiger partial charge in [-0.15, -0.1) is 13.2 Å². The lowest BCUT2D eigenvalue weighted by Gasteiger charge is -2.17. The monoisotopic (exact) mass is 354 g/mol. The van der Waals surface area contributed by atoms with Gasteiger partial charge in [-0.05, 0) is 38.5 Å². The molecule has 0 aliphatic rings. The van der Waals surface area contributed by atoms with E-state index in [9.17, 15) is 0 Å². The first-order valence-corrected chi connectivity index (χ1v) is 10.2. The second-order valence-corrected chi connectivity index (χ2v) is 6.71. The van der Waals surface area contributed by atoms with Gasteiger partial charge in [0.25, 0.3) is 0 Å². The molecule has 0 saturated carbocycles. The van der Waals surface area contributed by atoms with Crippen molar-refractivity contribution in [2.24, 2.45) is 0 Å². The maximum Gasteiger partial charge on any atom is 0.104 e. The van der Waals surface area contributed by atoms with Gasteiger partial charge in [0.1, 0.15) is 6.10 Å². The second kappa shape index (κ2) is 21.4. The number of methoxy groups -OCH3 is 1. The third-order valence-electron chi connectivity index (χ3n) is 4.26. The number of hydrogen-bond acceptors (Lipinski definition) is 3. The van der Waals surface area contributed by atoms with Crippen LogP contribution in [0.1, 0.15) is 77.0 Å². The van der Waals surface area contributed by atoms with E-state index in [2.05, 4.69) is 13.2 Å². The van der Waals surface area contributed by atoms with Crippen molar-refractivity contribution in [2.45, 2.75) is 83.2 Å². The Morgan fingerprint density at radius 1 is 0.680 bits per heavy atom. The van der Waals surface area contributed by atoms with Gasteiger partial charge in [-0.2, -0.15) is 0 Å². The summed E-state index contributed by atoms with van der Waals surface area (Å²) in [7, 11) is 1.72. The van der Waals surface area contributed by atoms with Crippen molar-refractivity contribution < 1.29 is 14.2 Å². The van der Waals surface area contributed by atoms with E-state index >= 15 is 0 Å². The van der Waals surface area contributed by atoms with E-state index in [1.54, 1.807) is 7.11 Å². The molecule has 0 aromatic heterocycles. The van der Waals surface area contributed by atoms with Crippen LogP contribution in [0.2, 0.25) is 0 Å². The lowest BCUT2D eigenvalue weighted by molar-refractivity contribution is -0.0525. The molecule has 1 atom stereocenters. The number of unbranched alkanes of at least 4 members (excludes halogenated alkanes) is 10. The summed E-state index contributed by atoms with van der Waals surface area (Å²) in [5.74, 6) is 0. The molecule has 1 unspecified atom stereocenters. The highest BCUT2D eigenvalue weighted by atomic mass is 16.6. The lowest BCUT2D eigenvalue weighted by atomic mass is 10.1. The van der Waals surface area contributed by atoms with E-state index in [-0.39, 0.29) is 6.10 Å². The zero-order valence-corrected chi connectivity index (χ0v) is 16.7. The van der Waals surface area contributed by atoms with E-state index in [0.29, 0.717) is 13.2 Å². The molecule has 0 fully saturated rings. The zero-order valence-electron chi connectivity index (χ0n) is 16.7. The normalized spacial score (nSPS) is 12.2. The van der Waals surface area contributed by atoms with Gasteiger partial charge in [0, 0.05) is 20.3 Å². The molecular weight excluding hydrogens is 312 g/mol. The highest BCUT2D eigenvalue weighted by Gasteiger charge is 2.08. The van der Waals surface area contributed by atoms with E-state index in [4.69, 9.17) is 14.2 Å². The summed E-state index contributed by atoms with van der Waals surface area (Å²) in [6.45, 7) is 10.4. The molecular formula is C22H42O3. The van der Waals surface area contributed by atoms with E-state index < -0.39 is 0 Å². The van der Waals surface area contributed by atoms with Gasteiger partial charge in [0.2, 0.25) is 0 Å². The number of allylic oxidation sites excluding steroid dienone is 2. The maximum atomic E-state index is 5.91. The van der Waals surface area contributed by atoms with Crippen LogP contribution in [0.3, 0.4) is 0 Å². The minimum Gasteiger partial charge on any atom is -0.382 e. The fourth-order valence-corrected chi connectivity index (χ4v) is 2.74. The quantitative estimate of drug-likeness (QED) is 0.184. The fourth-order valence-electron chi connectivity index (χ4n) is 2.74. The number of ether oxygens (including phenoxy) is 3. The summed E-state index contributed by atoms with van der Waals surface area (Å²) in [6.07, 6.45) is 18.8. The summed E-state index contributed by atoms with van der Waals surface area (Å²) in [5.41, 5.74) is 0. The summed E-state index contributed by atoms with van der Waals surface area (Å²) >= 11 is 0. The van der Waals surface area contributed by atoms with Crippen LogP contribution in [0, 0.1) is 0 Å². The average Bonchev–Trinajstić information content (AvgIpc) is 2.62. The van der Waals surface area contributed by atoms with Crippen LogP contribution < -0.4 is 0 Å². The molecule has 25 heavy (non-hydrogen) atoms. The molecule has 0 radical (unpaired) electrons. The summed E-state index contributed by atoms with van der Waals surface area (Å²) in [5, 5.41) is 0. The molecule has 0 N–H and O–H groups in total. The first kappa shape index (κ1) is 24.4. The van der Waals surface area contributed by atoms with Gasteiger partial charge >= 0.3 is 0 Å². The molecule has 3 nitrogen and oxygen atoms in total. The molecule has 0 bridgehead atoms. The molecule has 148 valence electrons. The Morgan fingerprint density at radius 2 is 1.20 bits per heavy atom. The highest BCUT2D eigenvalue weighted by molar-refractivity contribution is 4.66. The van der Waals surface area contributed by atoms with Crippen LogP contribution in [0.25, 0.3) is 0 Å². The standard InChI is InChI=1S/C22H42O3/c1-4-6-8-10-12-14-16-18-24-21-22(20-23-3)25-19-17-15-13-11-9-7-5-2/h4-5,22H,1-2,6-21H2,3H3. The molecule has 0 saturated heterocycles. The molecule has 0 heterocycles. The predicted octanol–water partition coefficient (Wildman–Crippen LogP) is 6.09. The van der Waals surface area contributed by atoms with Crippen molar-refractivity contribution in [3.8, 4) is 0 Å². The van der Waals surface area contributed by atoms with Gasteiger partial charge in [-0.25, -0.2) is 0 Å². The average molecular weight is 355 g/mol. The Bertz CT molecular complexity index is 278. The van der Waals surface area contributed by atoms with E-state index in [1.807, 2.05) is 12.2 Å². The Kier molecular flexibility index (Phi) is 20.9.